The lowest BCUT2D eigenvalue weighted by Gasteiger charge is -2.31. The Hall–Kier alpha value is -2.24. The van der Waals surface area contributed by atoms with Crippen LogP contribution < -0.4 is 14.5 Å². The van der Waals surface area contributed by atoms with Gasteiger partial charge in [-0.05, 0) is 31.0 Å². The van der Waals surface area contributed by atoms with Crippen LogP contribution in [0.3, 0.4) is 0 Å². The lowest BCUT2D eigenvalue weighted by Crippen LogP contribution is -2.39. The van der Waals surface area contributed by atoms with E-state index < -0.39 is 5.97 Å². The van der Waals surface area contributed by atoms with Crippen molar-refractivity contribution in [3.8, 4) is 5.75 Å². The second kappa shape index (κ2) is 7.35. The number of amides is 1. The Morgan fingerprint density at radius 3 is 2.78 bits per heavy atom. The summed E-state index contributed by atoms with van der Waals surface area (Å²) >= 11 is 0. The van der Waals surface area contributed by atoms with Crippen molar-refractivity contribution in [3.05, 3.63) is 18.2 Å². The zero-order valence-corrected chi connectivity index (χ0v) is 13.9. The molecule has 2 rings (SSSR count). The highest BCUT2D eigenvalue weighted by molar-refractivity contribution is 5.98. The molecule has 6 heteroatoms. The molecule has 0 aromatic heterocycles. The van der Waals surface area contributed by atoms with E-state index in [9.17, 15) is 9.59 Å². The van der Waals surface area contributed by atoms with Gasteiger partial charge in [-0.3, -0.25) is 9.59 Å². The van der Waals surface area contributed by atoms with Crippen LogP contribution in [0.2, 0.25) is 0 Å². The molecule has 0 saturated carbocycles. The first-order valence-corrected chi connectivity index (χ1v) is 7.96. The second-order valence-corrected chi connectivity index (χ2v) is 6.06. The largest absolute Gasteiger partial charge is 0.482 e. The first-order valence-electron chi connectivity index (χ1n) is 7.96. The Morgan fingerprint density at radius 2 is 2.17 bits per heavy atom. The summed E-state index contributed by atoms with van der Waals surface area (Å²) < 4.78 is 5.48. The number of benzene rings is 1. The van der Waals surface area contributed by atoms with Crippen molar-refractivity contribution in [2.75, 3.05) is 36.0 Å². The topological polar surface area (TPSA) is 70.1 Å². The van der Waals surface area contributed by atoms with Crippen LogP contribution in [0.25, 0.3) is 0 Å². The molecule has 1 aliphatic rings. The minimum atomic E-state index is -0.814. The molecule has 1 aromatic carbocycles. The van der Waals surface area contributed by atoms with Crippen molar-refractivity contribution in [1.82, 2.24) is 0 Å². The number of carboxylic acids is 1. The molecule has 1 aliphatic heterocycles. The molecule has 0 fully saturated rings. The minimum absolute atomic E-state index is 0.0573. The van der Waals surface area contributed by atoms with Gasteiger partial charge in [0, 0.05) is 25.3 Å². The van der Waals surface area contributed by atoms with Crippen molar-refractivity contribution < 1.29 is 19.4 Å². The van der Waals surface area contributed by atoms with Gasteiger partial charge < -0.3 is 19.6 Å². The highest BCUT2D eigenvalue weighted by Crippen LogP contribution is 2.35. The Labute approximate surface area is 136 Å². The fraction of sp³-hybridized carbons (Fsp3) is 0.529. The molecule has 0 saturated heterocycles. The first-order chi connectivity index (χ1) is 10.9. The number of rotatable bonds is 7. The summed E-state index contributed by atoms with van der Waals surface area (Å²) in [5.41, 5.74) is 1.67. The first kappa shape index (κ1) is 17.1. The molecule has 0 unspecified atom stereocenters. The molecule has 23 heavy (non-hydrogen) atoms. The van der Waals surface area contributed by atoms with E-state index in [1.165, 1.54) is 0 Å². The molecule has 1 amide bonds. The maximum Gasteiger partial charge on any atom is 0.305 e. The monoisotopic (exact) mass is 320 g/mol. The minimum Gasteiger partial charge on any atom is -0.482 e. The number of carbonyl (C=O) groups is 2. The summed E-state index contributed by atoms with van der Waals surface area (Å²) in [5.74, 6) is 0.224. The van der Waals surface area contributed by atoms with Gasteiger partial charge in [-0.2, -0.15) is 0 Å². The van der Waals surface area contributed by atoms with Gasteiger partial charge in [-0.25, -0.2) is 0 Å². The summed E-state index contributed by atoms with van der Waals surface area (Å²) in [6.07, 6.45) is 0.0801. The van der Waals surface area contributed by atoms with Gasteiger partial charge >= 0.3 is 5.97 Å². The van der Waals surface area contributed by atoms with Gasteiger partial charge in [0.1, 0.15) is 5.75 Å². The van der Waals surface area contributed by atoms with E-state index in [1.54, 1.807) is 4.90 Å². The molecule has 6 nitrogen and oxygen atoms in total. The number of hydrogen-bond acceptors (Lipinski definition) is 4. The lowest BCUT2D eigenvalue weighted by atomic mass is 10.1. The highest BCUT2D eigenvalue weighted by Gasteiger charge is 2.25. The van der Waals surface area contributed by atoms with Crippen molar-refractivity contribution in [2.24, 2.45) is 5.92 Å². The standard InChI is InChI=1S/C17H24N2O4/c1-4-19-14-9-13(5-6-15(14)23-11-16(19)20)18(10-12(2)3)8-7-17(21)22/h5-6,9,12H,4,7-8,10-11H2,1-3H3,(H,21,22). The Morgan fingerprint density at radius 1 is 1.43 bits per heavy atom. The molecule has 126 valence electrons. The van der Waals surface area contributed by atoms with Crippen molar-refractivity contribution in [2.45, 2.75) is 27.2 Å². The molecular weight excluding hydrogens is 296 g/mol. The van der Waals surface area contributed by atoms with Gasteiger partial charge in [-0.1, -0.05) is 13.8 Å². The number of anilines is 2. The number of nitrogens with zero attached hydrogens (tertiary/aromatic N) is 2. The molecule has 0 aliphatic carbocycles. The van der Waals surface area contributed by atoms with Crippen LogP contribution in [0, 0.1) is 5.92 Å². The van der Waals surface area contributed by atoms with Crippen LogP contribution >= 0.6 is 0 Å². The average Bonchev–Trinajstić information content (AvgIpc) is 2.50. The van der Waals surface area contributed by atoms with E-state index >= 15 is 0 Å². The summed E-state index contributed by atoms with van der Waals surface area (Å²) in [6.45, 7) is 7.96. The molecule has 1 N–H and O–H groups in total. The predicted molar refractivity (Wildman–Crippen MR) is 89.3 cm³/mol. The summed E-state index contributed by atoms with van der Waals surface area (Å²) in [6, 6.07) is 5.70. The lowest BCUT2D eigenvalue weighted by molar-refractivity contribution is -0.136. The smallest absolute Gasteiger partial charge is 0.305 e. The molecule has 0 bridgehead atoms. The fourth-order valence-electron chi connectivity index (χ4n) is 2.73. The SMILES string of the molecule is CCN1C(=O)COc2ccc(N(CCC(=O)O)CC(C)C)cc21. The normalized spacial score (nSPS) is 13.7. The zero-order valence-electron chi connectivity index (χ0n) is 13.9. The van der Waals surface area contributed by atoms with Gasteiger partial charge in [-0.15, -0.1) is 0 Å². The van der Waals surface area contributed by atoms with Crippen molar-refractivity contribution in [3.63, 3.8) is 0 Å². The van der Waals surface area contributed by atoms with E-state index in [0.717, 1.165) is 17.9 Å². The van der Waals surface area contributed by atoms with Crippen LogP contribution in [0.5, 0.6) is 5.75 Å². The average molecular weight is 320 g/mol. The van der Waals surface area contributed by atoms with Gasteiger partial charge in [0.25, 0.3) is 5.91 Å². The number of hydrogen-bond donors (Lipinski definition) is 1. The quantitative estimate of drug-likeness (QED) is 0.835. The Balaban J connectivity index is 2.30. The zero-order chi connectivity index (χ0) is 17.0. The van der Waals surface area contributed by atoms with E-state index in [0.29, 0.717) is 24.8 Å². The van der Waals surface area contributed by atoms with E-state index in [4.69, 9.17) is 9.84 Å². The summed E-state index contributed by atoms with van der Waals surface area (Å²) in [7, 11) is 0. The third-order valence-corrected chi connectivity index (χ3v) is 3.75. The maximum atomic E-state index is 12.0. The molecule has 0 atom stereocenters. The summed E-state index contributed by atoms with van der Waals surface area (Å²) in [5, 5.41) is 8.95. The van der Waals surface area contributed by atoms with E-state index in [1.807, 2.05) is 30.0 Å². The molecule has 1 heterocycles. The third kappa shape index (κ3) is 4.15. The summed E-state index contributed by atoms with van der Waals surface area (Å²) in [4.78, 5) is 26.6. The van der Waals surface area contributed by atoms with Crippen LogP contribution in [0.1, 0.15) is 27.2 Å². The number of ether oxygens (including phenoxy) is 1. The highest BCUT2D eigenvalue weighted by atomic mass is 16.5. The fourth-order valence-corrected chi connectivity index (χ4v) is 2.73. The number of likely N-dealkylation sites (N-methyl/N-ethyl adjacent to an activating group) is 1. The van der Waals surface area contributed by atoms with Crippen LogP contribution in [0.15, 0.2) is 18.2 Å². The number of fused-ring (bicyclic) bond motifs is 1. The Bertz CT molecular complexity index is 586. The van der Waals surface area contributed by atoms with Crippen LogP contribution in [-0.4, -0.2) is 43.2 Å². The molecule has 0 spiro atoms. The number of aliphatic carboxylic acids is 1. The second-order valence-electron chi connectivity index (χ2n) is 6.06. The van der Waals surface area contributed by atoms with Crippen LogP contribution in [0.4, 0.5) is 11.4 Å². The molecule has 0 radical (unpaired) electrons. The van der Waals surface area contributed by atoms with E-state index in [-0.39, 0.29) is 18.9 Å². The molecular formula is C17H24N2O4. The van der Waals surface area contributed by atoms with Gasteiger partial charge in [0.2, 0.25) is 0 Å². The van der Waals surface area contributed by atoms with Crippen molar-refractivity contribution in [1.29, 1.82) is 0 Å². The van der Waals surface area contributed by atoms with Crippen molar-refractivity contribution >= 4 is 23.3 Å². The maximum absolute atomic E-state index is 12.0. The third-order valence-electron chi connectivity index (χ3n) is 3.75. The number of carbonyl (C=O) groups excluding carboxylic acids is 1. The van der Waals surface area contributed by atoms with Crippen LogP contribution in [-0.2, 0) is 9.59 Å². The molecule has 1 aromatic rings. The van der Waals surface area contributed by atoms with E-state index in [2.05, 4.69) is 13.8 Å². The van der Waals surface area contributed by atoms with Gasteiger partial charge in [0.15, 0.2) is 6.61 Å². The predicted octanol–water partition coefficient (Wildman–Crippen LogP) is 2.37. The Kier molecular flexibility index (Phi) is 5.47. The number of carboxylic acid groups (broad SMARTS) is 1. The van der Waals surface area contributed by atoms with Gasteiger partial charge in [0.05, 0.1) is 12.1 Å².